The number of amides is 1. The molecule has 0 aliphatic carbocycles. The molecule has 1 amide bonds. The third kappa shape index (κ3) is 3.14. The van der Waals surface area contributed by atoms with E-state index in [0.717, 1.165) is 22.4 Å². The molecule has 1 aromatic carbocycles. The van der Waals surface area contributed by atoms with Crippen LogP contribution in [-0.2, 0) is 17.9 Å². The Labute approximate surface area is 129 Å². The minimum Gasteiger partial charge on any atom is -0.352 e. The van der Waals surface area contributed by atoms with Crippen LogP contribution in [0.5, 0.6) is 0 Å². The van der Waals surface area contributed by atoms with Gasteiger partial charge in [0, 0.05) is 31.9 Å². The molecule has 22 heavy (non-hydrogen) atoms. The number of nitrogens with zero attached hydrogens (tertiary/aromatic N) is 3. The van der Waals surface area contributed by atoms with E-state index in [4.69, 9.17) is 0 Å². The molecule has 0 saturated carbocycles. The molecular formula is C17H18N4O. The summed E-state index contributed by atoms with van der Waals surface area (Å²) in [6, 6.07) is 11.8. The Morgan fingerprint density at radius 1 is 1.23 bits per heavy atom. The minimum absolute atomic E-state index is 0.0287. The van der Waals surface area contributed by atoms with E-state index in [2.05, 4.69) is 19.9 Å². The Morgan fingerprint density at radius 2 is 2.09 bits per heavy atom. The van der Waals surface area contributed by atoms with Gasteiger partial charge >= 0.3 is 0 Å². The maximum Gasteiger partial charge on any atom is 0.222 e. The van der Waals surface area contributed by atoms with Gasteiger partial charge in [0.1, 0.15) is 5.82 Å². The lowest BCUT2D eigenvalue weighted by atomic mass is 10.3. The van der Waals surface area contributed by atoms with Gasteiger partial charge in [-0.3, -0.25) is 9.78 Å². The number of rotatable bonds is 5. The van der Waals surface area contributed by atoms with E-state index in [1.165, 1.54) is 0 Å². The zero-order valence-corrected chi connectivity index (χ0v) is 12.5. The van der Waals surface area contributed by atoms with Crippen molar-refractivity contribution in [2.45, 2.75) is 26.4 Å². The van der Waals surface area contributed by atoms with Crippen LogP contribution in [0.3, 0.4) is 0 Å². The topological polar surface area (TPSA) is 59.8 Å². The molecule has 2 heterocycles. The number of benzene rings is 1. The lowest BCUT2D eigenvalue weighted by Crippen LogP contribution is -2.24. The van der Waals surface area contributed by atoms with Crippen LogP contribution in [0.4, 0.5) is 0 Å². The van der Waals surface area contributed by atoms with E-state index < -0.39 is 0 Å². The van der Waals surface area contributed by atoms with E-state index in [1.807, 2.05) is 43.3 Å². The molecule has 0 fully saturated rings. The van der Waals surface area contributed by atoms with Gasteiger partial charge < -0.3 is 9.88 Å². The van der Waals surface area contributed by atoms with Gasteiger partial charge in [-0.2, -0.15) is 0 Å². The molecule has 0 radical (unpaired) electrons. The molecule has 112 valence electrons. The van der Waals surface area contributed by atoms with E-state index in [9.17, 15) is 4.79 Å². The highest BCUT2D eigenvalue weighted by Crippen LogP contribution is 2.15. The van der Waals surface area contributed by atoms with Crippen LogP contribution in [0.25, 0.3) is 11.0 Å². The first-order valence-electron chi connectivity index (χ1n) is 7.31. The smallest absolute Gasteiger partial charge is 0.222 e. The minimum atomic E-state index is 0.0287. The van der Waals surface area contributed by atoms with Gasteiger partial charge in [-0.25, -0.2) is 4.98 Å². The molecule has 1 N–H and O–H groups in total. The van der Waals surface area contributed by atoms with Crippen molar-refractivity contribution in [3.8, 4) is 0 Å². The first kappa shape index (κ1) is 14.3. The van der Waals surface area contributed by atoms with Crippen molar-refractivity contribution < 1.29 is 4.79 Å². The van der Waals surface area contributed by atoms with Crippen molar-refractivity contribution in [1.82, 2.24) is 19.9 Å². The number of hydrogen-bond acceptors (Lipinski definition) is 3. The van der Waals surface area contributed by atoms with Crippen molar-refractivity contribution in [2.24, 2.45) is 0 Å². The summed E-state index contributed by atoms with van der Waals surface area (Å²) in [5.74, 6) is 0.960. The number of aromatic nitrogens is 3. The van der Waals surface area contributed by atoms with Crippen LogP contribution >= 0.6 is 0 Å². The van der Waals surface area contributed by atoms with Crippen molar-refractivity contribution in [3.63, 3.8) is 0 Å². The molecule has 0 aliphatic rings. The molecule has 0 atom stereocenters. The van der Waals surface area contributed by atoms with E-state index in [0.29, 0.717) is 19.5 Å². The lowest BCUT2D eigenvalue weighted by Gasteiger charge is -2.08. The predicted molar refractivity (Wildman–Crippen MR) is 85.2 cm³/mol. The zero-order chi connectivity index (χ0) is 15.4. The SMILES string of the molecule is Cc1nc2ccccc2n1CCC(=O)NCc1cccnc1. The Bertz CT molecular complexity index is 780. The molecular weight excluding hydrogens is 276 g/mol. The predicted octanol–water partition coefficient (Wildman–Crippen LogP) is 2.45. The number of hydrogen-bond donors (Lipinski definition) is 1. The molecule has 3 aromatic rings. The van der Waals surface area contributed by atoms with Gasteiger partial charge in [-0.1, -0.05) is 18.2 Å². The Balaban J connectivity index is 1.59. The zero-order valence-electron chi connectivity index (χ0n) is 12.5. The summed E-state index contributed by atoms with van der Waals surface area (Å²) in [4.78, 5) is 20.5. The van der Waals surface area contributed by atoms with Gasteiger partial charge in [-0.05, 0) is 30.7 Å². The Kier molecular flexibility index (Phi) is 4.14. The fraction of sp³-hybridized carbons (Fsp3) is 0.235. The van der Waals surface area contributed by atoms with Gasteiger partial charge in [0.15, 0.2) is 0 Å². The normalized spacial score (nSPS) is 10.8. The summed E-state index contributed by atoms with van der Waals surface area (Å²) in [7, 11) is 0. The third-order valence-corrected chi connectivity index (χ3v) is 3.62. The molecule has 0 unspecified atom stereocenters. The standard InChI is InChI=1S/C17H18N4O/c1-13-20-15-6-2-3-7-16(15)21(13)10-8-17(22)19-12-14-5-4-9-18-11-14/h2-7,9,11H,8,10,12H2,1H3,(H,19,22). The first-order valence-corrected chi connectivity index (χ1v) is 7.31. The molecule has 0 saturated heterocycles. The molecule has 2 aromatic heterocycles. The number of imidazole rings is 1. The number of carbonyl (C=O) groups is 1. The van der Waals surface area contributed by atoms with Gasteiger partial charge in [-0.15, -0.1) is 0 Å². The first-order chi connectivity index (χ1) is 10.7. The number of carbonyl (C=O) groups excluding carboxylic acids is 1. The van der Waals surface area contributed by atoms with E-state index in [1.54, 1.807) is 12.4 Å². The van der Waals surface area contributed by atoms with Gasteiger partial charge in [0.05, 0.1) is 11.0 Å². The largest absolute Gasteiger partial charge is 0.352 e. The second-order valence-corrected chi connectivity index (χ2v) is 5.19. The summed E-state index contributed by atoms with van der Waals surface area (Å²) in [5, 5.41) is 2.92. The van der Waals surface area contributed by atoms with Crippen molar-refractivity contribution in [1.29, 1.82) is 0 Å². The molecule has 0 aliphatic heterocycles. The summed E-state index contributed by atoms with van der Waals surface area (Å²) in [5.41, 5.74) is 3.04. The van der Waals surface area contributed by atoms with E-state index in [-0.39, 0.29) is 5.91 Å². The third-order valence-electron chi connectivity index (χ3n) is 3.62. The van der Waals surface area contributed by atoms with Crippen molar-refractivity contribution in [2.75, 3.05) is 0 Å². The van der Waals surface area contributed by atoms with Crippen LogP contribution in [0.1, 0.15) is 17.8 Å². The molecule has 5 heteroatoms. The van der Waals surface area contributed by atoms with Gasteiger partial charge in [0.2, 0.25) is 5.91 Å². The lowest BCUT2D eigenvalue weighted by molar-refractivity contribution is -0.121. The highest BCUT2D eigenvalue weighted by molar-refractivity contribution is 5.78. The average molecular weight is 294 g/mol. The molecule has 3 rings (SSSR count). The Morgan fingerprint density at radius 3 is 2.91 bits per heavy atom. The van der Waals surface area contributed by atoms with Crippen molar-refractivity contribution in [3.05, 3.63) is 60.2 Å². The number of nitrogens with one attached hydrogen (secondary N) is 1. The monoisotopic (exact) mass is 294 g/mol. The summed E-state index contributed by atoms with van der Waals surface area (Å²) in [6.45, 7) is 3.11. The average Bonchev–Trinajstić information content (AvgIpc) is 2.87. The maximum atomic E-state index is 12.0. The maximum absolute atomic E-state index is 12.0. The molecule has 0 spiro atoms. The molecule has 5 nitrogen and oxygen atoms in total. The summed E-state index contributed by atoms with van der Waals surface area (Å²) < 4.78 is 2.08. The van der Waals surface area contributed by atoms with Crippen LogP contribution in [0, 0.1) is 6.92 Å². The number of fused-ring (bicyclic) bond motifs is 1. The summed E-state index contributed by atoms with van der Waals surface area (Å²) >= 11 is 0. The number of aryl methyl sites for hydroxylation is 2. The number of pyridine rings is 1. The van der Waals surface area contributed by atoms with Crippen molar-refractivity contribution >= 4 is 16.9 Å². The van der Waals surface area contributed by atoms with Crippen LogP contribution in [0.2, 0.25) is 0 Å². The second-order valence-electron chi connectivity index (χ2n) is 5.19. The highest BCUT2D eigenvalue weighted by atomic mass is 16.1. The summed E-state index contributed by atoms with van der Waals surface area (Å²) in [6.07, 6.45) is 3.91. The quantitative estimate of drug-likeness (QED) is 0.786. The van der Waals surface area contributed by atoms with Crippen LogP contribution < -0.4 is 5.32 Å². The second kappa shape index (κ2) is 6.39. The fourth-order valence-electron chi connectivity index (χ4n) is 2.48. The van der Waals surface area contributed by atoms with Crippen LogP contribution in [-0.4, -0.2) is 20.4 Å². The highest BCUT2D eigenvalue weighted by Gasteiger charge is 2.08. The van der Waals surface area contributed by atoms with Crippen LogP contribution in [0.15, 0.2) is 48.8 Å². The number of para-hydroxylation sites is 2. The Hall–Kier alpha value is -2.69. The van der Waals surface area contributed by atoms with Gasteiger partial charge in [0.25, 0.3) is 0 Å². The van der Waals surface area contributed by atoms with E-state index >= 15 is 0 Å². The molecule has 0 bridgehead atoms. The fourth-order valence-corrected chi connectivity index (χ4v) is 2.48.